The zero-order chi connectivity index (χ0) is 9.97. The highest BCUT2D eigenvalue weighted by Gasteiger charge is 2.16. The average Bonchev–Trinajstić information content (AvgIpc) is 2.23. The highest BCUT2D eigenvalue weighted by molar-refractivity contribution is 9.10. The minimum Gasteiger partial charge on any atom is -0.398 e. The lowest BCUT2D eigenvalue weighted by atomic mass is 9.96. The van der Waals surface area contributed by atoms with E-state index in [1.165, 1.54) is 24.8 Å². The standard InChI is InChI=1S/C11H15BrN2/c12-8-4-5-10(13)9(7-8)11-3-1-2-6-14-11/h4-5,7,11,14H,1-3,6,13H2/t11-/m1/s1. The minimum absolute atomic E-state index is 0.446. The summed E-state index contributed by atoms with van der Waals surface area (Å²) in [5.41, 5.74) is 8.09. The van der Waals surface area contributed by atoms with Gasteiger partial charge in [-0.2, -0.15) is 0 Å². The van der Waals surface area contributed by atoms with Crippen molar-refractivity contribution in [1.29, 1.82) is 0 Å². The number of nitrogens with one attached hydrogen (secondary N) is 1. The molecule has 0 amide bonds. The van der Waals surface area contributed by atoms with Crippen LogP contribution in [0.15, 0.2) is 22.7 Å². The molecule has 1 aromatic rings. The third-order valence-corrected chi connectivity index (χ3v) is 3.23. The molecule has 0 saturated carbocycles. The number of nitrogens with two attached hydrogens (primary N) is 1. The van der Waals surface area contributed by atoms with E-state index in [1.54, 1.807) is 0 Å². The highest BCUT2D eigenvalue weighted by Crippen LogP contribution is 2.29. The van der Waals surface area contributed by atoms with Gasteiger partial charge in [0.15, 0.2) is 0 Å². The van der Waals surface area contributed by atoms with E-state index in [-0.39, 0.29) is 0 Å². The van der Waals surface area contributed by atoms with Gasteiger partial charge in [-0.15, -0.1) is 0 Å². The molecule has 76 valence electrons. The molecule has 0 aromatic heterocycles. The van der Waals surface area contributed by atoms with E-state index < -0.39 is 0 Å². The Balaban J connectivity index is 2.24. The molecule has 1 fully saturated rings. The van der Waals surface area contributed by atoms with Crippen molar-refractivity contribution in [3.63, 3.8) is 0 Å². The first-order valence-corrected chi connectivity index (χ1v) is 5.85. The lowest BCUT2D eigenvalue weighted by Gasteiger charge is -2.25. The molecular formula is C11H15BrN2. The first kappa shape index (κ1) is 9.99. The molecule has 0 radical (unpaired) electrons. The van der Waals surface area contributed by atoms with Crippen LogP contribution >= 0.6 is 15.9 Å². The fraction of sp³-hybridized carbons (Fsp3) is 0.455. The molecule has 1 aromatic carbocycles. The van der Waals surface area contributed by atoms with Gasteiger partial charge in [0.05, 0.1) is 0 Å². The molecule has 14 heavy (non-hydrogen) atoms. The van der Waals surface area contributed by atoms with Gasteiger partial charge in [0.1, 0.15) is 0 Å². The molecule has 0 aliphatic carbocycles. The number of hydrogen-bond acceptors (Lipinski definition) is 2. The van der Waals surface area contributed by atoms with E-state index in [0.717, 1.165) is 16.7 Å². The van der Waals surface area contributed by atoms with Crippen LogP contribution in [-0.4, -0.2) is 6.54 Å². The summed E-state index contributed by atoms with van der Waals surface area (Å²) >= 11 is 3.48. The molecule has 1 aliphatic heterocycles. The Labute approximate surface area is 93.0 Å². The van der Waals surface area contributed by atoms with Gasteiger partial charge in [-0.1, -0.05) is 22.4 Å². The molecule has 0 spiro atoms. The second kappa shape index (κ2) is 4.32. The molecule has 2 rings (SSSR count). The second-order valence-corrected chi connectivity index (χ2v) is 4.69. The zero-order valence-electron chi connectivity index (χ0n) is 8.09. The van der Waals surface area contributed by atoms with E-state index in [1.807, 2.05) is 12.1 Å². The van der Waals surface area contributed by atoms with Gasteiger partial charge in [-0.3, -0.25) is 0 Å². The Kier molecular flexibility index (Phi) is 3.08. The Bertz CT molecular complexity index is 319. The number of hydrogen-bond donors (Lipinski definition) is 2. The highest BCUT2D eigenvalue weighted by atomic mass is 79.9. The van der Waals surface area contributed by atoms with Crippen LogP contribution in [0.2, 0.25) is 0 Å². The molecule has 1 aliphatic rings. The topological polar surface area (TPSA) is 38.0 Å². The molecular weight excluding hydrogens is 240 g/mol. The number of piperidine rings is 1. The van der Waals surface area contributed by atoms with Crippen LogP contribution in [0.1, 0.15) is 30.9 Å². The lowest BCUT2D eigenvalue weighted by Crippen LogP contribution is -2.27. The van der Waals surface area contributed by atoms with Gasteiger partial charge in [0.25, 0.3) is 0 Å². The molecule has 0 bridgehead atoms. The normalized spacial score (nSPS) is 22.2. The second-order valence-electron chi connectivity index (χ2n) is 3.78. The Morgan fingerprint density at radius 1 is 1.36 bits per heavy atom. The van der Waals surface area contributed by atoms with Crippen LogP contribution in [0, 0.1) is 0 Å². The van der Waals surface area contributed by atoms with Crippen molar-refractivity contribution < 1.29 is 0 Å². The minimum atomic E-state index is 0.446. The maximum Gasteiger partial charge on any atom is 0.0363 e. The summed E-state index contributed by atoms with van der Waals surface area (Å²) in [4.78, 5) is 0. The van der Waals surface area contributed by atoms with Crippen molar-refractivity contribution in [2.24, 2.45) is 0 Å². The van der Waals surface area contributed by atoms with Crippen molar-refractivity contribution in [2.45, 2.75) is 25.3 Å². The van der Waals surface area contributed by atoms with E-state index in [0.29, 0.717) is 6.04 Å². The predicted molar refractivity (Wildman–Crippen MR) is 63.1 cm³/mol. The number of benzene rings is 1. The summed E-state index contributed by atoms with van der Waals surface area (Å²) in [5, 5.41) is 3.50. The van der Waals surface area contributed by atoms with E-state index in [9.17, 15) is 0 Å². The van der Waals surface area contributed by atoms with Gasteiger partial charge in [-0.05, 0) is 43.1 Å². The molecule has 2 nitrogen and oxygen atoms in total. The third kappa shape index (κ3) is 2.10. The van der Waals surface area contributed by atoms with Crippen molar-refractivity contribution >= 4 is 21.6 Å². The monoisotopic (exact) mass is 254 g/mol. The molecule has 3 N–H and O–H groups in total. The molecule has 0 unspecified atom stereocenters. The number of rotatable bonds is 1. The van der Waals surface area contributed by atoms with Crippen LogP contribution in [0.3, 0.4) is 0 Å². The largest absolute Gasteiger partial charge is 0.398 e. The van der Waals surface area contributed by atoms with Crippen molar-refractivity contribution in [1.82, 2.24) is 5.32 Å². The summed E-state index contributed by atoms with van der Waals surface area (Å²) < 4.78 is 1.11. The number of nitrogen functional groups attached to an aromatic ring is 1. The maximum atomic E-state index is 5.96. The van der Waals surface area contributed by atoms with Gasteiger partial charge < -0.3 is 11.1 Å². The van der Waals surface area contributed by atoms with Crippen LogP contribution in [0.25, 0.3) is 0 Å². The van der Waals surface area contributed by atoms with E-state index in [2.05, 4.69) is 27.3 Å². The van der Waals surface area contributed by atoms with E-state index >= 15 is 0 Å². The van der Waals surface area contributed by atoms with Crippen molar-refractivity contribution in [3.8, 4) is 0 Å². The summed E-state index contributed by atoms with van der Waals surface area (Å²) in [6, 6.07) is 6.52. The maximum absolute atomic E-state index is 5.96. The Morgan fingerprint density at radius 3 is 2.93 bits per heavy atom. The van der Waals surface area contributed by atoms with Gasteiger partial charge >= 0.3 is 0 Å². The quantitative estimate of drug-likeness (QED) is 0.757. The van der Waals surface area contributed by atoms with Crippen LogP contribution in [-0.2, 0) is 0 Å². The molecule has 3 heteroatoms. The molecule has 1 saturated heterocycles. The van der Waals surface area contributed by atoms with Gasteiger partial charge in [0.2, 0.25) is 0 Å². The van der Waals surface area contributed by atoms with Crippen molar-refractivity contribution in [3.05, 3.63) is 28.2 Å². The number of anilines is 1. The van der Waals surface area contributed by atoms with Crippen LogP contribution < -0.4 is 11.1 Å². The lowest BCUT2D eigenvalue weighted by molar-refractivity contribution is 0.413. The third-order valence-electron chi connectivity index (χ3n) is 2.73. The first-order valence-electron chi connectivity index (χ1n) is 5.05. The van der Waals surface area contributed by atoms with Crippen LogP contribution in [0.4, 0.5) is 5.69 Å². The smallest absolute Gasteiger partial charge is 0.0363 e. The molecule has 1 atom stereocenters. The van der Waals surface area contributed by atoms with Crippen molar-refractivity contribution in [2.75, 3.05) is 12.3 Å². The summed E-state index contributed by atoms with van der Waals surface area (Å²) in [6.45, 7) is 1.11. The first-order chi connectivity index (χ1) is 6.77. The summed E-state index contributed by atoms with van der Waals surface area (Å²) in [5.74, 6) is 0. The van der Waals surface area contributed by atoms with Gasteiger partial charge in [0, 0.05) is 16.2 Å². The number of halogens is 1. The fourth-order valence-electron chi connectivity index (χ4n) is 1.96. The van der Waals surface area contributed by atoms with Crippen LogP contribution in [0.5, 0.6) is 0 Å². The summed E-state index contributed by atoms with van der Waals surface area (Å²) in [7, 11) is 0. The Hall–Kier alpha value is -0.540. The Morgan fingerprint density at radius 2 is 2.21 bits per heavy atom. The van der Waals surface area contributed by atoms with Gasteiger partial charge in [-0.25, -0.2) is 0 Å². The zero-order valence-corrected chi connectivity index (χ0v) is 9.68. The van der Waals surface area contributed by atoms with E-state index in [4.69, 9.17) is 5.73 Å². The SMILES string of the molecule is Nc1ccc(Br)cc1[C@H]1CCCCN1. The molecule has 1 heterocycles. The average molecular weight is 255 g/mol. The summed E-state index contributed by atoms with van der Waals surface area (Å²) in [6.07, 6.45) is 3.77. The predicted octanol–water partition coefficient (Wildman–Crippen LogP) is 2.85. The fourth-order valence-corrected chi connectivity index (χ4v) is 2.34.